The lowest BCUT2D eigenvalue weighted by atomic mass is 9.78. The molecule has 2 atom stereocenters. The third kappa shape index (κ3) is 4.72. The third-order valence-corrected chi connectivity index (χ3v) is 7.68. The normalized spacial score (nSPS) is 17.7. The van der Waals surface area contributed by atoms with Crippen molar-refractivity contribution in [1.29, 1.82) is 0 Å². The molecule has 3 heteroatoms. The van der Waals surface area contributed by atoms with E-state index in [-0.39, 0.29) is 12.1 Å². The maximum atomic E-state index is 6.41. The van der Waals surface area contributed by atoms with E-state index in [0.717, 1.165) is 24.6 Å². The number of benzene rings is 3. The van der Waals surface area contributed by atoms with E-state index in [1.807, 2.05) is 0 Å². The maximum Gasteiger partial charge on any atom is 0.149 e. The van der Waals surface area contributed by atoms with Gasteiger partial charge in [0.2, 0.25) is 0 Å². The fourth-order valence-corrected chi connectivity index (χ4v) is 5.78. The molecule has 178 valence electrons. The second kappa shape index (κ2) is 10.2. The molecule has 1 fully saturated rings. The summed E-state index contributed by atoms with van der Waals surface area (Å²) < 4.78 is 11.8. The van der Waals surface area contributed by atoms with E-state index in [0.29, 0.717) is 0 Å². The third-order valence-electron chi connectivity index (χ3n) is 7.68. The smallest absolute Gasteiger partial charge is 0.149 e. The standard InChI is InChI=1S/C31H37NO2/c1-22-21-26(15-18-30(22)34-23(2)32-19-6-7-20-32)31(25-13-16-27(33-3)17-14-25)29-12-8-10-24-9-4-5-11-28(24)29/h8,10,12-18,21,23,31H,4-7,9,11,19-20H2,1-3H3. The predicted octanol–water partition coefficient (Wildman–Crippen LogP) is 6.88. The first-order valence-electron chi connectivity index (χ1n) is 12.9. The maximum absolute atomic E-state index is 6.41. The van der Waals surface area contributed by atoms with E-state index in [1.54, 1.807) is 12.7 Å². The summed E-state index contributed by atoms with van der Waals surface area (Å²) in [5.74, 6) is 2.09. The summed E-state index contributed by atoms with van der Waals surface area (Å²) in [4.78, 5) is 2.43. The molecule has 3 nitrogen and oxygen atoms in total. The molecule has 1 heterocycles. The van der Waals surface area contributed by atoms with Crippen LogP contribution in [0.15, 0.2) is 60.7 Å². The van der Waals surface area contributed by atoms with Crippen LogP contribution < -0.4 is 9.47 Å². The van der Waals surface area contributed by atoms with Crippen molar-refractivity contribution in [3.05, 3.63) is 94.0 Å². The second-order valence-electron chi connectivity index (χ2n) is 9.88. The van der Waals surface area contributed by atoms with Gasteiger partial charge in [0, 0.05) is 19.0 Å². The number of hydrogen-bond donors (Lipinski definition) is 0. The van der Waals surface area contributed by atoms with Crippen molar-refractivity contribution in [3.63, 3.8) is 0 Å². The van der Waals surface area contributed by atoms with Crippen molar-refractivity contribution >= 4 is 0 Å². The minimum atomic E-state index is 0.116. The lowest BCUT2D eigenvalue weighted by molar-refractivity contribution is 0.0586. The largest absolute Gasteiger partial charge is 0.497 e. The lowest BCUT2D eigenvalue weighted by Crippen LogP contribution is -2.34. The molecule has 0 aromatic heterocycles. The molecule has 0 bridgehead atoms. The molecule has 0 spiro atoms. The fraction of sp³-hybridized carbons (Fsp3) is 0.419. The molecule has 3 aromatic carbocycles. The van der Waals surface area contributed by atoms with Gasteiger partial charge in [-0.05, 0) is 104 Å². The number of ether oxygens (including phenoxy) is 2. The Morgan fingerprint density at radius 2 is 1.56 bits per heavy atom. The fourth-order valence-electron chi connectivity index (χ4n) is 5.78. The highest BCUT2D eigenvalue weighted by atomic mass is 16.5. The Labute approximate surface area is 204 Å². The number of methoxy groups -OCH3 is 1. The number of nitrogens with zero attached hydrogens (tertiary/aromatic N) is 1. The molecule has 0 saturated carbocycles. The van der Waals surface area contributed by atoms with Gasteiger partial charge in [-0.25, -0.2) is 0 Å². The molecule has 3 aromatic rings. The zero-order chi connectivity index (χ0) is 23.5. The van der Waals surface area contributed by atoms with Gasteiger partial charge in [-0.3, -0.25) is 4.90 Å². The summed E-state index contributed by atoms with van der Waals surface area (Å²) in [5, 5.41) is 0. The van der Waals surface area contributed by atoms with Crippen LogP contribution in [0.3, 0.4) is 0 Å². The van der Waals surface area contributed by atoms with Crippen LogP contribution in [0.5, 0.6) is 11.5 Å². The van der Waals surface area contributed by atoms with Crippen LogP contribution in [0.25, 0.3) is 0 Å². The monoisotopic (exact) mass is 455 g/mol. The minimum absolute atomic E-state index is 0.116. The van der Waals surface area contributed by atoms with Crippen LogP contribution in [-0.4, -0.2) is 31.3 Å². The highest BCUT2D eigenvalue weighted by molar-refractivity contribution is 5.52. The molecule has 2 unspecified atom stereocenters. The molecular weight excluding hydrogens is 418 g/mol. The predicted molar refractivity (Wildman–Crippen MR) is 139 cm³/mol. The number of hydrogen-bond acceptors (Lipinski definition) is 3. The first kappa shape index (κ1) is 23.0. The van der Waals surface area contributed by atoms with Crippen molar-refractivity contribution in [2.45, 2.75) is 64.5 Å². The van der Waals surface area contributed by atoms with E-state index in [4.69, 9.17) is 9.47 Å². The summed E-state index contributed by atoms with van der Waals surface area (Å²) in [6.45, 7) is 6.63. The van der Waals surface area contributed by atoms with Crippen molar-refractivity contribution in [1.82, 2.24) is 4.90 Å². The van der Waals surface area contributed by atoms with E-state index in [9.17, 15) is 0 Å². The molecule has 0 radical (unpaired) electrons. The van der Waals surface area contributed by atoms with E-state index in [2.05, 4.69) is 79.4 Å². The van der Waals surface area contributed by atoms with Crippen molar-refractivity contribution in [2.24, 2.45) is 0 Å². The van der Waals surface area contributed by atoms with Crippen LogP contribution in [0.2, 0.25) is 0 Å². The van der Waals surface area contributed by atoms with Gasteiger partial charge >= 0.3 is 0 Å². The summed E-state index contributed by atoms with van der Waals surface area (Å²) in [6, 6.07) is 22.3. The van der Waals surface area contributed by atoms with Gasteiger partial charge in [-0.2, -0.15) is 0 Å². The highest BCUT2D eigenvalue weighted by Gasteiger charge is 2.24. The molecule has 5 rings (SSSR count). The lowest BCUT2D eigenvalue weighted by Gasteiger charge is -2.28. The number of likely N-dealkylation sites (tertiary alicyclic amines) is 1. The van der Waals surface area contributed by atoms with Crippen LogP contribution in [0.4, 0.5) is 0 Å². The summed E-state index contributed by atoms with van der Waals surface area (Å²) in [6.07, 6.45) is 7.60. The molecule has 1 aliphatic heterocycles. The molecule has 2 aliphatic rings. The first-order valence-corrected chi connectivity index (χ1v) is 12.9. The van der Waals surface area contributed by atoms with Gasteiger partial charge in [-0.15, -0.1) is 0 Å². The van der Waals surface area contributed by atoms with Crippen LogP contribution in [0.1, 0.15) is 71.9 Å². The topological polar surface area (TPSA) is 21.7 Å². The van der Waals surface area contributed by atoms with Crippen molar-refractivity contribution < 1.29 is 9.47 Å². The molecular formula is C31H37NO2. The molecule has 0 N–H and O–H groups in total. The van der Waals surface area contributed by atoms with E-state index < -0.39 is 0 Å². The van der Waals surface area contributed by atoms with Gasteiger partial charge < -0.3 is 9.47 Å². The second-order valence-corrected chi connectivity index (χ2v) is 9.88. The highest BCUT2D eigenvalue weighted by Crippen LogP contribution is 2.39. The van der Waals surface area contributed by atoms with Gasteiger partial charge in [0.15, 0.2) is 0 Å². The Morgan fingerprint density at radius 1 is 0.824 bits per heavy atom. The Bertz CT molecular complexity index is 1110. The van der Waals surface area contributed by atoms with Gasteiger partial charge in [-0.1, -0.05) is 42.5 Å². The summed E-state index contributed by atoms with van der Waals surface area (Å²) in [5.41, 5.74) is 8.35. The van der Waals surface area contributed by atoms with Crippen molar-refractivity contribution in [3.8, 4) is 11.5 Å². The molecule has 34 heavy (non-hydrogen) atoms. The quantitative estimate of drug-likeness (QED) is 0.362. The Balaban J connectivity index is 1.52. The number of aryl methyl sites for hydroxylation is 2. The Kier molecular flexibility index (Phi) is 6.92. The zero-order valence-electron chi connectivity index (χ0n) is 20.8. The van der Waals surface area contributed by atoms with Crippen LogP contribution in [-0.2, 0) is 12.8 Å². The van der Waals surface area contributed by atoms with Gasteiger partial charge in [0.1, 0.15) is 17.7 Å². The van der Waals surface area contributed by atoms with E-state index in [1.165, 1.54) is 66.3 Å². The summed E-state index contributed by atoms with van der Waals surface area (Å²) in [7, 11) is 1.73. The van der Waals surface area contributed by atoms with E-state index >= 15 is 0 Å². The van der Waals surface area contributed by atoms with Crippen molar-refractivity contribution in [2.75, 3.05) is 20.2 Å². The van der Waals surface area contributed by atoms with Gasteiger partial charge in [0.25, 0.3) is 0 Å². The SMILES string of the molecule is COc1ccc(C(c2ccc(OC(C)N3CCCC3)c(C)c2)c2cccc3c2CCCC3)cc1. The molecule has 0 amide bonds. The zero-order valence-corrected chi connectivity index (χ0v) is 20.8. The Hall–Kier alpha value is -2.78. The molecule has 1 saturated heterocycles. The number of rotatable bonds is 7. The minimum Gasteiger partial charge on any atom is -0.497 e. The number of fused-ring (bicyclic) bond motifs is 1. The Morgan fingerprint density at radius 3 is 2.29 bits per heavy atom. The summed E-state index contributed by atoms with van der Waals surface area (Å²) >= 11 is 0. The van der Waals surface area contributed by atoms with Crippen LogP contribution >= 0.6 is 0 Å². The van der Waals surface area contributed by atoms with Gasteiger partial charge in [0.05, 0.1) is 7.11 Å². The van der Waals surface area contributed by atoms with Crippen LogP contribution in [0, 0.1) is 6.92 Å². The first-order chi connectivity index (χ1) is 16.6. The molecule has 1 aliphatic carbocycles. The average molecular weight is 456 g/mol. The average Bonchev–Trinajstić information content (AvgIpc) is 3.42.